The summed E-state index contributed by atoms with van der Waals surface area (Å²) in [6.07, 6.45) is 0. The van der Waals surface area contributed by atoms with Gasteiger partial charge in [0.15, 0.2) is 0 Å². The summed E-state index contributed by atoms with van der Waals surface area (Å²) < 4.78 is 10.3. The summed E-state index contributed by atoms with van der Waals surface area (Å²) in [5.41, 5.74) is 3.31. The molecule has 1 heterocycles. The van der Waals surface area contributed by atoms with Crippen LogP contribution in [0.4, 0.5) is 0 Å². The van der Waals surface area contributed by atoms with E-state index < -0.39 is 0 Å². The molecule has 0 saturated carbocycles. The van der Waals surface area contributed by atoms with Gasteiger partial charge in [0.05, 0.1) is 5.69 Å². The minimum atomic E-state index is 0.283. The van der Waals surface area contributed by atoms with Crippen LogP contribution in [0.5, 0.6) is 11.5 Å². The molecule has 0 aliphatic heterocycles. The van der Waals surface area contributed by atoms with Crippen molar-refractivity contribution in [2.24, 2.45) is 0 Å². The van der Waals surface area contributed by atoms with Gasteiger partial charge in [-0.05, 0) is 76.8 Å². The van der Waals surface area contributed by atoms with Crippen molar-refractivity contribution in [1.29, 1.82) is 0 Å². The highest BCUT2D eigenvalue weighted by Crippen LogP contribution is 2.36. The third-order valence-corrected chi connectivity index (χ3v) is 4.90. The molecule has 142 valence electrons. The quantitative estimate of drug-likeness (QED) is 0.501. The highest BCUT2D eigenvalue weighted by atomic mass is 32.1. The number of tetrazole rings is 1. The summed E-state index contributed by atoms with van der Waals surface area (Å²) in [7, 11) is 0. The summed E-state index contributed by atoms with van der Waals surface area (Å²) >= 11 is 5.61. The maximum atomic E-state index is 6.13. The minimum absolute atomic E-state index is 0.283. The molecule has 0 spiro atoms. The summed E-state index contributed by atoms with van der Waals surface area (Å²) in [5.74, 6) is 2.21. The maximum absolute atomic E-state index is 6.13. The van der Waals surface area contributed by atoms with E-state index in [0.29, 0.717) is 11.3 Å². The van der Waals surface area contributed by atoms with Gasteiger partial charge >= 0.3 is 0 Å². The van der Waals surface area contributed by atoms with E-state index in [1.807, 2.05) is 37.3 Å². The Bertz CT molecular complexity index is 944. The van der Waals surface area contributed by atoms with E-state index in [4.69, 9.17) is 17.0 Å². The summed E-state index contributed by atoms with van der Waals surface area (Å²) in [6, 6.07) is 14.0. The molecule has 0 N–H and O–H groups in total. The third kappa shape index (κ3) is 3.95. The number of rotatable bonds is 6. The molecule has 0 bridgehead atoms. The van der Waals surface area contributed by atoms with Gasteiger partial charge in [-0.25, -0.2) is 4.68 Å². The molecule has 0 amide bonds. The first-order valence-electron chi connectivity index (χ1n) is 9.36. The normalized spacial score (nSPS) is 11.4. The first-order valence-corrected chi connectivity index (χ1v) is 9.77. The maximum Gasteiger partial charge on any atom is 0.220 e. The van der Waals surface area contributed by atoms with Gasteiger partial charge in [-0.15, -0.1) is 0 Å². The molecule has 1 aromatic heterocycles. The SMILES string of the molecule is CCn1nnn(-c2c(C(C)C)cc(Oc3ccccc3)cc2C(C)C)c1=S. The highest BCUT2D eigenvalue weighted by molar-refractivity contribution is 7.71. The number of nitrogens with zero attached hydrogens (tertiary/aromatic N) is 4. The smallest absolute Gasteiger partial charge is 0.220 e. The number of hydrogen-bond acceptors (Lipinski definition) is 4. The molecule has 0 fully saturated rings. The molecule has 3 aromatic rings. The second kappa shape index (κ2) is 8.05. The largest absolute Gasteiger partial charge is 0.457 e. The van der Waals surface area contributed by atoms with Gasteiger partial charge in [-0.2, -0.15) is 4.68 Å². The van der Waals surface area contributed by atoms with E-state index in [2.05, 4.69) is 50.3 Å². The average molecular weight is 383 g/mol. The minimum Gasteiger partial charge on any atom is -0.457 e. The van der Waals surface area contributed by atoms with Crippen LogP contribution in [-0.2, 0) is 6.54 Å². The topological polar surface area (TPSA) is 44.9 Å². The standard InChI is InChI=1S/C21H26N4OS/c1-6-24-21(27)25(23-22-24)20-18(14(2)3)12-17(13-19(20)15(4)5)26-16-10-8-7-9-11-16/h7-15H,6H2,1-5H3. The molecule has 0 saturated heterocycles. The van der Waals surface area contributed by atoms with Crippen LogP contribution >= 0.6 is 12.2 Å². The van der Waals surface area contributed by atoms with Gasteiger partial charge in [0, 0.05) is 6.54 Å². The highest BCUT2D eigenvalue weighted by Gasteiger charge is 2.20. The number of benzene rings is 2. The lowest BCUT2D eigenvalue weighted by Gasteiger charge is -2.21. The summed E-state index contributed by atoms with van der Waals surface area (Å²) in [4.78, 5) is 0. The predicted octanol–water partition coefficient (Wildman–Crippen LogP) is 5.86. The van der Waals surface area contributed by atoms with Gasteiger partial charge in [-0.1, -0.05) is 45.9 Å². The van der Waals surface area contributed by atoms with Crippen molar-refractivity contribution < 1.29 is 4.74 Å². The second-order valence-corrected chi connectivity index (χ2v) is 7.53. The van der Waals surface area contributed by atoms with Crippen LogP contribution in [0.15, 0.2) is 42.5 Å². The van der Waals surface area contributed by atoms with Crippen LogP contribution < -0.4 is 4.74 Å². The molecular formula is C21H26N4OS. The van der Waals surface area contributed by atoms with E-state index in [1.165, 1.54) is 0 Å². The Kier molecular flexibility index (Phi) is 5.75. The molecule has 6 heteroatoms. The lowest BCUT2D eigenvalue weighted by atomic mass is 9.92. The van der Waals surface area contributed by atoms with E-state index in [-0.39, 0.29) is 11.8 Å². The molecule has 0 aliphatic carbocycles. The monoisotopic (exact) mass is 382 g/mol. The fourth-order valence-electron chi connectivity index (χ4n) is 3.07. The molecule has 0 atom stereocenters. The van der Waals surface area contributed by atoms with Crippen LogP contribution in [0.3, 0.4) is 0 Å². The Morgan fingerprint density at radius 3 is 2.00 bits per heavy atom. The van der Waals surface area contributed by atoms with Crippen LogP contribution in [0, 0.1) is 4.77 Å². The van der Waals surface area contributed by atoms with E-state index >= 15 is 0 Å². The summed E-state index contributed by atoms with van der Waals surface area (Å²) in [6.45, 7) is 11.4. The molecule has 5 nitrogen and oxygen atoms in total. The second-order valence-electron chi connectivity index (χ2n) is 7.16. The Morgan fingerprint density at radius 1 is 0.926 bits per heavy atom. The Morgan fingerprint density at radius 2 is 1.52 bits per heavy atom. The van der Waals surface area contributed by atoms with Crippen LogP contribution in [0.2, 0.25) is 0 Å². The lowest BCUT2D eigenvalue weighted by Crippen LogP contribution is -2.10. The van der Waals surface area contributed by atoms with Gasteiger partial charge in [-0.3, -0.25) is 0 Å². The molecule has 0 radical (unpaired) electrons. The van der Waals surface area contributed by atoms with E-state index in [0.717, 1.165) is 28.3 Å². The Labute approximate surface area is 165 Å². The third-order valence-electron chi connectivity index (χ3n) is 4.52. The van der Waals surface area contributed by atoms with Crippen molar-refractivity contribution in [1.82, 2.24) is 19.8 Å². The molecule has 0 unspecified atom stereocenters. The van der Waals surface area contributed by atoms with Gasteiger partial charge in [0.2, 0.25) is 4.77 Å². The van der Waals surface area contributed by atoms with Crippen molar-refractivity contribution in [2.45, 2.75) is 53.0 Å². The first-order chi connectivity index (χ1) is 12.9. The number of aryl methyl sites for hydroxylation is 1. The average Bonchev–Trinajstić information content (AvgIpc) is 3.02. The van der Waals surface area contributed by atoms with Crippen molar-refractivity contribution in [3.63, 3.8) is 0 Å². The Balaban J connectivity index is 2.20. The Hall–Kier alpha value is -2.47. The van der Waals surface area contributed by atoms with Crippen molar-refractivity contribution in [2.75, 3.05) is 0 Å². The lowest BCUT2D eigenvalue weighted by molar-refractivity contribution is 0.480. The van der Waals surface area contributed by atoms with E-state index in [9.17, 15) is 0 Å². The molecular weight excluding hydrogens is 356 g/mol. The van der Waals surface area contributed by atoms with Crippen molar-refractivity contribution in [3.05, 3.63) is 58.4 Å². The summed E-state index contributed by atoms with van der Waals surface area (Å²) in [5, 5.41) is 8.54. The molecule has 0 aliphatic rings. The number of para-hydroxylation sites is 1. The molecule has 2 aromatic carbocycles. The zero-order valence-corrected chi connectivity index (χ0v) is 17.3. The van der Waals surface area contributed by atoms with Crippen molar-refractivity contribution >= 4 is 12.2 Å². The van der Waals surface area contributed by atoms with E-state index in [1.54, 1.807) is 9.36 Å². The molecule has 3 rings (SSSR count). The van der Waals surface area contributed by atoms with Gasteiger partial charge in [0.1, 0.15) is 11.5 Å². The predicted molar refractivity (Wildman–Crippen MR) is 111 cm³/mol. The first kappa shape index (κ1) is 19.3. The van der Waals surface area contributed by atoms with Crippen LogP contribution in [0.1, 0.15) is 57.6 Å². The fourth-order valence-corrected chi connectivity index (χ4v) is 3.37. The van der Waals surface area contributed by atoms with Crippen molar-refractivity contribution in [3.8, 4) is 17.2 Å². The van der Waals surface area contributed by atoms with Gasteiger partial charge < -0.3 is 4.74 Å². The van der Waals surface area contributed by atoms with Crippen LogP contribution in [0.25, 0.3) is 5.69 Å². The number of ether oxygens (including phenoxy) is 1. The number of hydrogen-bond donors (Lipinski definition) is 0. The zero-order valence-electron chi connectivity index (χ0n) is 16.5. The number of aromatic nitrogens is 4. The van der Waals surface area contributed by atoms with Gasteiger partial charge in [0.25, 0.3) is 0 Å². The fraction of sp³-hybridized carbons (Fsp3) is 0.381. The van der Waals surface area contributed by atoms with Crippen LogP contribution in [-0.4, -0.2) is 19.8 Å². The zero-order chi connectivity index (χ0) is 19.6. The molecule has 27 heavy (non-hydrogen) atoms.